The highest BCUT2D eigenvalue weighted by Crippen LogP contribution is 2.25. The van der Waals surface area contributed by atoms with Gasteiger partial charge < -0.3 is 10.0 Å². The van der Waals surface area contributed by atoms with Crippen LogP contribution < -0.4 is 0 Å². The van der Waals surface area contributed by atoms with E-state index < -0.39 is 17.7 Å². The van der Waals surface area contributed by atoms with Crippen molar-refractivity contribution in [1.29, 1.82) is 0 Å². The van der Waals surface area contributed by atoms with Crippen LogP contribution in [0.1, 0.15) is 24.5 Å². The Morgan fingerprint density at radius 2 is 2.26 bits per heavy atom. The van der Waals surface area contributed by atoms with Crippen molar-refractivity contribution in [1.82, 2.24) is 4.90 Å². The van der Waals surface area contributed by atoms with Crippen molar-refractivity contribution in [2.24, 2.45) is 0 Å². The average Bonchev–Trinajstić information content (AvgIpc) is 2.93. The third kappa shape index (κ3) is 3.68. The fourth-order valence-electron chi connectivity index (χ4n) is 2.31. The molecule has 0 radical (unpaired) electrons. The van der Waals surface area contributed by atoms with Gasteiger partial charge in [0.05, 0.1) is 6.10 Å². The van der Waals surface area contributed by atoms with Crippen LogP contribution in [0, 0.1) is 11.6 Å². The van der Waals surface area contributed by atoms with Crippen LogP contribution in [0.2, 0.25) is 0 Å². The van der Waals surface area contributed by atoms with Crippen LogP contribution in [0.5, 0.6) is 0 Å². The minimum atomic E-state index is -0.952. The number of hydrogen-bond donors (Lipinski definition) is 1. The highest BCUT2D eigenvalue weighted by atomic mass is 32.2. The summed E-state index contributed by atoms with van der Waals surface area (Å²) >= 11 is 1.93. The van der Waals surface area contributed by atoms with E-state index in [1.54, 1.807) is 0 Å². The van der Waals surface area contributed by atoms with E-state index >= 15 is 0 Å². The van der Waals surface area contributed by atoms with E-state index in [4.69, 9.17) is 0 Å². The van der Waals surface area contributed by atoms with Crippen molar-refractivity contribution in [2.75, 3.05) is 25.1 Å². The molecule has 1 fully saturated rings. The average molecular weight is 287 g/mol. The maximum absolute atomic E-state index is 13.5. The summed E-state index contributed by atoms with van der Waals surface area (Å²) in [6, 6.07) is 4.46. The fourth-order valence-corrected chi connectivity index (χ4v) is 3.61. The lowest BCUT2D eigenvalue weighted by molar-refractivity contribution is 0.135. The Bertz CT molecular complexity index is 424. The zero-order chi connectivity index (χ0) is 13.8. The molecule has 0 saturated carbocycles. The molecule has 5 heteroatoms. The summed E-state index contributed by atoms with van der Waals surface area (Å²) in [5.41, 5.74) is 0.0502. The van der Waals surface area contributed by atoms with E-state index in [0.717, 1.165) is 18.2 Å². The van der Waals surface area contributed by atoms with Gasteiger partial charge in [-0.2, -0.15) is 11.8 Å². The van der Waals surface area contributed by atoms with Gasteiger partial charge in [0.1, 0.15) is 0 Å². The van der Waals surface area contributed by atoms with Crippen LogP contribution >= 0.6 is 11.8 Å². The minimum absolute atomic E-state index is 0.0502. The smallest absolute Gasteiger partial charge is 0.164 e. The highest BCUT2D eigenvalue weighted by molar-refractivity contribution is 7.99. The summed E-state index contributed by atoms with van der Waals surface area (Å²) in [5, 5.41) is 9.98. The molecule has 106 valence electrons. The molecule has 2 nitrogen and oxygen atoms in total. The van der Waals surface area contributed by atoms with Gasteiger partial charge in [-0.05, 0) is 31.7 Å². The lowest BCUT2D eigenvalue weighted by Gasteiger charge is -2.24. The van der Waals surface area contributed by atoms with Crippen LogP contribution in [-0.4, -0.2) is 41.1 Å². The van der Waals surface area contributed by atoms with Crippen LogP contribution in [-0.2, 0) is 0 Å². The summed E-state index contributed by atoms with van der Waals surface area (Å²) in [6.45, 7) is 0.683. The Morgan fingerprint density at radius 1 is 1.47 bits per heavy atom. The second kappa shape index (κ2) is 6.68. The number of hydrogen-bond acceptors (Lipinski definition) is 3. The molecule has 1 aromatic carbocycles. The predicted octanol–water partition coefficient (Wildman–Crippen LogP) is 2.83. The third-order valence-electron chi connectivity index (χ3n) is 3.62. The molecule has 1 aromatic rings. The second-order valence-electron chi connectivity index (χ2n) is 4.95. The van der Waals surface area contributed by atoms with Crippen molar-refractivity contribution in [2.45, 2.75) is 25.0 Å². The number of aliphatic hydroxyl groups is 1. The molecule has 0 aliphatic carbocycles. The van der Waals surface area contributed by atoms with Gasteiger partial charge in [0.25, 0.3) is 0 Å². The molecule has 1 aliphatic heterocycles. The quantitative estimate of drug-likeness (QED) is 0.901. The minimum Gasteiger partial charge on any atom is -0.388 e. The SMILES string of the molecule is CN(CCC(O)c1cccc(F)c1F)C1CCSC1. The van der Waals surface area contributed by atoms with E-state index in [1.807, 2.05) is 18.8 Å². The highest BCUT2D eigenvalue weighted by Gasteiger charge is 2.21. The number of nitrogens with zero attached hydrogens (tertiary/aromatic N) is 1. The number of benzene rings is 1. The fraction of sp³-hybridized carbons (Fsp3) is 0.571. The van der Waals surface area contributed by atoms with Crippen molar-refractivity contribution in [3.05, 3.63) is 35.4 Å². The van der Waals surface area contributed by atoms with Gasteiger partial charge in [-0.3, -0.25) is 0 Å². The number of halogens is 2. The topological polar surface area (TPSA) is 23.5 Å². The Kier molecular flexibility index (Phi) is 5.19. The largest absolute Gasteiger partial charge is 0.388 e. The van der Waals surface area contributed by atoms with E-state index in [-0.39, 0.29) is 5.56 Å². The van der Waals surface area contributed by atoms with Crippen molar-refractivity contribution >= 4 is 11.8 Å². The number of thioether (sulfide) groups is 1. The third-order valence-corrected chi connectivity index (χ3v) is 4.77. The van der Waals surface area contributed by atoms with Gasteiger partial charge in [-0.1, -0.05) is 12.1 Å². The number of rotatable bonds is 5. The summed E-state index contributed by atoms with van der Waals surface area (Å²) in [5.74, 6) is 0.447. The van der Waals surface area contributed by atoms with Crippen molar-refractivity contribution in [3.63, 3.8) is 0 Å². The Hall–Kier alpha value is -0.650. The first-order valence-electron chi connectivity index (χ1n) is 6.49. The first-order chi connectivity index (χ1) is 9.09. The van der Waals surface area contributed by atoms with Crippen LogP contribution in [0.15, 0.2) is 18.2 Å². The Balaban J connectivity index is 1.90. The molecular formula is C14H19F2NOS. The molecular weight excluding hydrogens is 268 g/mol. The summed E-state index contributed by atoms with van der Waals surface area (Å²) in [6.07, 6.45) is 0.621. The number of aliphatic hydroxyl groups excluding tert-OH is 1. The van der Waals surface area contributed by atoms with Gasteiger partial charge in [0, 0.05) is 23.9 Å². The molecule has 2 atom stereocenters. The normalized spacial score (nSPS) is 21.0. The Morgan fingerprint density at radius 3 is 2.95 bits per heavy atom. The van der Waals surface area contributed by atoms with Crippen molar-refractivity contribution in [3.8, 4) is 0 Å². The molecule has 1 saturated heterocycles. The maximum Gasteiger partial charge on any atom is 0.164 e. The lowest BCUT2D eigenvalue weighted by atomic mass is 10.1. The molecule has 1 aliphatic rings. The molecule has 0 aromatic heterocycles. The van der Waals surface area contributed by atoms with Gasteiger partial charge >= 0.3 is 0 Å². The standard InChI is InChI=1S/C14H19F2NOS/c1-17(10-6-8-19-9-10)7-5-13(18)11-3-2-4-12(15)14(11)16/h2-4,10,13,18H,5-9H2,1H3. The van der Waals surface area contributed by atoms with Crippen LogP contribution in [0.4, 0.5) is 8.78 Å². The van der Waals surface area contributed by atoms with Crippen LogP contribution in [0.3, 0.4) is 0 Å². The van der Waals surface area contributed by atoms with E-state index in [1.165, 1.54) is 17.9 Å². The molecule has 2 rings (SSSR count). The van der Waals surface area contributed by atoms with Gasteiger partial charge in [0.15, 0.2) is 11.6 Å². The molecule has 1 N–H and O–H groups in total. The van der Waals surface area contributed by atoms with Gasteiger partial charge in [-0.15, -0.1) is 0 Å². The molecule has 0 bridgehead atoms. The summed E-state index contributed by atoms with van der Waals surface area (Å²) in [7, 11) is 2.02. The monoisotopic (exact) mass is 287 g/mol. The summed E-state index contributed by atoms with van der Waals surface area (Å²) < 4.78 is 26.6. The van der Waals surface area contributed by atoms with Gasteiger partial charge in [0.2, 0.25) is 0 Å². The Labute approximate surface area is 116 Å². The van der Waals surface area contributed by atoms with E-state index in [2.05, 4.69) is 4.90 Å². The van der Waals surface area contributed by atoms with Crippen LogP contribution in [0.25, 0.3) is 0 Å². The van der Waals surface area contributed by atoms with Gasteiger partial charge in [-0.25, -0.2) is 8.78 Å². The maximum atomic E-state index is 13.5. The summed E-state index contributed by atoms with van der Waals surface area (Å²) in [4.78, 5) is 2.19. The lowest BCUT2D eigenvalue weighted by Crippen LogP contribution is -2.33. The van der Waals surface area contributed by atoms with Crippen molar-refractivity contribution < 1.29 is 13.9 Å². The predicted molar refractivity (Wildman–Crippen MR) is 74.3 cm³/mol. The molecule has 1 heterocycles. The van der Waals surface area contributed by atoms with E-state index in [9.17, 15) is 13.9 Å². The zero-order valence-corrected chi connectivity index (χ0v) is 11.8. The molecule has 0 amide bonds. The first-order valence-corrected chi connectivity index (χ1v) is 7.65. The molecule has 2 unspecified atom stereocenters. The molecule has 19 heavy (non-hydrogen) atoms. The molecule has 0 spiro atoms. The zero-order valence-electron chi connectivity index (χ0n) is 11.0. The van der Waals surface area contributed by atoms with E-state index in [0.29, 0.717) is 19.0 Å². The first kappa shape index (κ1) is 14.8. The second-order valence-corrected chi connectivity index (χ2v) is 6.10.